The molecule has 2 rings (SSSR count). The van der Waals surface area contributed by atoms with E-state index in [1.54, 1.807) is 0 Å². The molecular formula is C16H11Cl3F6N4O4S2. The summed E-state index contributed by atoms with van der Waals surface area (Å²) < 4.78 is 130. The number of sulfonamides is 1. The topological polar surface area (TPSA) is 113 Å². The minimum Gasteiger partial charge on any atom is -0.256 e. The van der Waals surface area contributed by atoms with Crippen LogP contribution in [0.4, 0.5) is 32.2 Å². The first kappa shape index (κ1) is 29.3. The maximum absolute atomic E-state index is 13.4. The second-order valence-electron chi connectivity index (χ2n) is 6.59. The SMILES string of the molecule is CN(c1c(S(=O)(=O)C(F)(F)F)c(C#N)nn1-c1c(Cl)cc(C(F)(F)F)cc1Cl)S(=O)(=O)CCCCl. The molecule has 0 fully saturated rings. The van der Waals surface area contributed by atoms with Gasteiger partial charge < -0.3 is 0 Å². The molecule has 0 aliphatic carbocycles. The van der Waals surface area contributed by atoms with Gasteiger partial charge in [-0.15, -0.1) is 11.6 Å². The van der Waals surface area contributed by atoms with Crippen molar-refractivity contribution in [2.45, 2.75) is 23.0 Å². The van der Waals surface area contributed by atoms with Gasteiger partial charge in [0.05, 0.1) is 21.4 Å². The van der Waals surface area contributed by atoms with Crippen molar-refractivity contribution in [2.75, 3.05) is 23.0 Å². The molecule has 0 aliphatic heterocycles. The Kier molecular flexibility index (Phi) is 8.24. The summed E-state index contributed by atoms with van der Waals surface area (Å²) in [5.74, 6) is -2.32. The van der Waals surface area contributed by atoms with E-state index in [1.165, 1.54) is 0 Å². The fraction of sp³-hybridized carbons (Fsp3) is 0.375. The number of sulfone groups is 1. The van der Waals surface area contributed by atoms with Crippen molar-refractivity contribution < 1.29 is 43.2 Å². The normalized spacial score (nSPS) is 13.1. The molecule has 0 amide bonds. The number of hydrogen-bond donors (Lipinski definition) is 0. The number of benzene rings is 1. The number of nitrogens with zero attached hydrogens (tertiary/aromatic N) is 4. The predicted octanol–water partition coefficient (Wildman–Crippen LogP) is 4.76. The molecule has 2 aromatic rings. The fourth-order valence-corrected chi connectivity index (χ4v) is 5.95. The van der Waals surface area contributed by atoms with Crippen molar-refractivity contribution in [1.29, 1.82) is 5.26 Å². The van der Waals surface area contributed by atoms with Gasteiger partial charge in [0.1, 0.15) is 11.8 Å². The second-order valence-corrected chi connectivity index (χ2v) is 11.8. The molecule has 19 heteroatoms. The van der Waals surface area contributed by atoms with E-state index in [1.807, 2.05) is 0 Å². The quantitative estimate of drug-likeness (QED) is 0.331. The lowest BCUT2D eigenvalue weighted by molar-refractivity contribution is -0.137. The second kappa shape index (κ2) is 9.85. The first-order chi connectivity index (χ1) is 15.8. The van der Waals surface area contributed by atoms with Crippen LogP contribution < -0.4 is 4.31 Å². The molecular weight excluding hydrogens is 597 g/mol. The highest BCUT2D eigenvalue weighted by Crippen LogP contribution is 2.43. The van der Waals surface area contributed by atoms with Gasteiger partial charge in [-0.2, -0.15) is 36.7 Å². The number of nitriles is 1. The Morgan fingerprint density at radius 3 is 2.00 bits per heavy atom. The van der Waals surface area contributed by atoms with Gasteiger partial charge >= 0.3 is 11.7 Å². The van der Waals surface area contributed by atoms with E-state index < -0.39 is 75.0 Å². The Labute approximate surface area is 209 Å². The van der Waals surface area contributed by atoms with E-state index in [4.69, 9.17) is 34.8 Å². The van der Waals surface area contributed by atoms with E-state index in [-0.39, 0.29) is 21.3 Å². The average molecular weight is 608 g/mol. The Morgan fingerprint density at radius 1 is 1.09 bits per heavy atom. The third-order valence-electron chi connectivity index (χ3n) is 4.31. The van der Waals surface area contributed by atoms with Crippen molar-refractivity contribution in [1.82, 2.24) is 9.78 Å². The van der Waals surface area contributed by atoms with Crippen LogP contribution in [0.15, 0.2) is 17.0 Å². The van der Waals surface area contributed by atoms with E-state index in [0.29, 0.717) is 19.2 Å². The van der Waals surface area contributed by atoms with Gasteiger partial charge in [0, 0.05) is 12.9 Å². The highest BCUT2D eigenvalue weighted by atomic mass is 35.5. The lowest BCUT2D eigenvalue weighted by Gasteiger charge is -2.23. The number of rotatable bonds is 7. The van der Waals surface area contributed by atoms with Crippen LogP contribution in [0.5, 0.6) is 0 Å². The molecule has 0 saturated carbocycles. The third-order valence-corrected chi connectivity index (χ3v) is 8.48. The number of alkyl halides is 7. The number of hydrogen-bond acceptors (Lipinski definition) is 6. The molecule has 0 N–H and O–H groups in total. The molecule has 1 heterocycles. The van der Waals surface area contributed by atoms with Crippen molar-refractivity contribution in [3.05, 3.63) is 33.4 Å². The molecule has 0 radical (unpaired) electrons. The van der Waals surface area contributed by atoms with Gasteiger partial charge in [-0.1, -0.05) is 23.2 Å². The van der Waals surface area contributed by atoms with Crippen molar-refractivity contribution in [3.8, 4) is 11.8 Å². The summed E-state index contributed by atoms with van der Waals surface area (Å²) in [4.78, 5) is -1.86. The summed E-state index contributed by atoms with van der Waals surface area (Å²) in [5.41, 5.74) is -9.62. The minimum atomic E-state index is -6.42. The van der Waals surface area contributed by atoms with Gasteiger partial charge in [-0.05, 0) is 18.6 Å². The molecule has 0 saturated heterocycles. The Bertz CT molecular complexity index is 1380. The first-order valence-electron chi connectivity index (χ1n) is 8.75. The number of aromatic nitrogens is 2. The molecule has 0 atom stereocenters. The number of halogens is 9. The summed E-state index contributed by atoms with van der Waals surface area (Å²) in [6, 6.07) is 1.72. The Balaban J connectivity index is 3.07. The lowest BCUT2D eigenvalue weighted by Crippen LogP contribution is -2.33. The predicted molar refractivity (Wildman–Crippen MR) is 114 cm³/mol. The van der Waals surface area contributed by atoms with Gasteiger partial charge in [-0.25, -0.2) is 21.5 Å². The van der Waals surface area contributed by atoms with Crippen LogP contribution in [0, 0.1) is 11.3 Å². The average Bonchev–Trinajstić information content (AvgIpc) is 3.09. The van der Waals surface area contributed by atoms with Crippen LogP contribution in [0.3, 0.4) is 0 Å². The summed E-state index contributed by atoms with van der Waals surface area (Å²) in [7, 11) is -10.4. The van der Waals surface area contributed by atoms with Crippen LogP contribution in [0.2, 0.25) is 10.0 Å². The van der Waals surface area contributed by atoms with Crippen molar-refractivity contribution >= 4 is 60.5 Å². The van der Waals surface area contributed by atoms with Crippen LogP contribution >= 0.6 is 34.8 Å². The maximum atomic E-state index is 13.4. The van der Waals surface area contributed by atoms with Crippen molar-refractivity contribution in [2.24, 2.45) is 0 Å². The zero-order chi connectivity index (χ0) is 27.1. The highest BCUT2D eigenvalue weighted by Gasteiger charge is 2.52. The minimum absolute atomic E-state index is 0.0797. The molecule has 0 bridgehead atoms. The van der Waals surface area contributed by atoms with Crippen molar-refractivity contribution in [3.63, 3.8) is 0 Å². The maximum Gasteiger partial charge on any atom is 0.502 e. The molecule has 1 aromatic carbocycles. The van der Waals surface area contributed by atoms with Gasteiger partial charge in [0.25, 0.3) is 9.84 Å². The number of anilines is 1. The largest absolute Gasteiger partial charge is 0.502 e. The summed E-state index contributed by atoms with van der Waals surface area (Å²) >= 11 is 17.2. The summed E-state index contributed by atoms with van der Waals surface area (Å²) in [6.45, 7) is 0. The molecule has 1 aromatic heterocycles. The summed E-state index contributed by atoms with van der Waals surface area (Å²) in [6.07, 6.45) is -5.17. The standard InChI is InChI=1S/C16H11Cl3F6N4O4S2/c1-28(34(30,31)4-2-3-17)14-13(35(32,33)16(23,24)25)11(7-26)27-29(14)12-9(18)5-8(6-10(12)19)15(20,21)22/h5-6H,2-4H2,1H3. The first-order valence-corrected chi connectivity index (χ1v) is 13.1. The van der Waals surface area contributed by atoms with E-state index in [2.05, 4.69) is 5.10 Å². The van der Waals surface area contributed by atoms with Gasteiger partial charge in [0.2, 0.25) is 10.0 Å². The highest BCUT2D eigenvalue weighted by molar-refractivity contribution is 7.93. The molecule has 0 unspecified atom stereocenters. The van der Waals surface area contributed by atoms with E-state index in [9.17, 15) is 48.4 Å². The smallest absolute Gasteiger partial charge is 0.256 e. The third kappa shape index (κ3) is 5.58. The summed E-state index contributed by atoms with van der Waals surface area (Å²) in [5, 5.41) is 10.9. The lowest BCUT2D eigenvalue weighted by atomic mass is 10.2. The van der Waals surface area contributed by atoms with Gasteiger partial charge in [-0.3, -0.25) is 4.31 Å². The van der Waals surface area contributed by atoms with Gasteiger partial charge in [0.15, 0.2) is 16.4 Å². The molecule has 194 valence electrons. The zero-order valence-electron chi connectivity index (χ0n) is 16.9. The van der Waals surface area contributed by atoms with Crippen LogP contribution in [-0.4, -0.2) is 50.8 Å². The molecule has 0 spiro atoms. The molecule has 35 heavy (non-hydrogen) atoms. The van der Waals surface area contributed by atoms with Crippen LogP contribution in [-0.2, 0) is 26.0 Å². The molecule has 0 aliphatic rings. The Hall–Kier alpha value is -1.93. The zero-order valence-corrected chi connectivity index (χ0v) is 20.8. The fourth-order valence-electron chi connectivity index (χ4n) is 2.70. The van der Waals surface area contributed by atoms with E-state index in [0.717, 1.165) is 6.07 Å². The monoisotopic (exact) mass is 606 g/mol. The van der Waals surface area contributed by atoms with Crippen LogP contribution in [0.1, 0.15) is 17.7 Å². The Morgan fingerprint density at radius 2 is 1.60 bits per heavy atom. The van der Waals surface area contributed by atoms with E-state index >= 15 is 0 Å². The van der Waals surface area contributed by atoms with Crippen LogP contribution in [0.25, 0.3) is 5.69 Å². The molecule has 8 nitrogen and oxygen atoms in total.